The predicted molar refractivity (Wildman–Crippen MR) is 79.7 cm³/mol. The monoisotopic (exact) mass is 251 g/mol. The maximum Gasteiger partial charge on any atom is 0.195 e. The molecule has 19 heavy (non-hydrogen) atoms. The minimum atomic E-state index is 0.126. The van der Waals surface area contributed by atoms with Crippen LogP contribution < -0.4 is 4.90 Å². The standard InChI is InChI=1S/C15H13NO.C2H4/c1-16-10-11-6-2-3-7-12(11)15(17)13-8-4-5-9-14(13)16;1-2/h2-9H,10H2,1H3;1-2H2. The van der Waals surface area contributed by atoms with Crippen molar-refractivity contribution < 1.29 is 4.79 Å². The molecule has 1 aliphatic heterocycles. The van der Waals surface area contributed by atoms with Crippen LogP contribution in [-0.4, -0.2) is 12.8 Å². The number of hydrogen-bond acceptors (Lipinski definition) is 2. The summed E-state index contributed by atoms with van der Waals surface area (Å²) in [5.41, 5.74) is 3.72. The zero-order valence-electron chi connectivity index (χ0n) is 11.1. The minimum absolute atomic E-state index is 0.126. The van der Waals surface area contributed by atoms with Gasteiger partial charge < -0.3 is 4.90 Å². The van der Waals surface area contributed by atoms with Gasteiger partial charge in [-0.05, 0) is 17.7 Å². The Bertz CT molecular complexity index is 604. The Hall–Kier alpha value is -2.35. The number of hydrogen-bond donors (Lipinski definition) is 0. The number of benzene rings is 2. The van der Waals surface area contributed by atoms with Crippen molar-refractivity contribution in [2.75, 3.05) is 11.9 Å². The Morgan fingerprint density at radius 2 is 1.53 bits per heavy atom. The molecule has 0 aromatic heterocycles. The van der Waals surface area contributed by atoms with Gasteiger partial charge >= 0.3 is 0 Å². The third-order valence-electron chi connectivity index (χ3n) is 3.23. The van der Waals surface area contributed by atoms with E-state index in [1.54, 1.807) is 0 Å². The van der Waals surface area contributed by atoms with E-state index in [2.05, 4.69) is 18.1 Å². The Morgan fingerprint density at radius 1 is 0.947 bits per heavy atom. The first kappa shape index (κ1) is 13.1. The van der Waals surface area contributed by atoms with Crippen molar-refractivity contribution in [2.45, 2.75) is 6.54 Å². The fraction of sp³-hybridized carbons (Fsp3) is 0.118. The van der Waals surface area contributed by atoms with Crippen molar-refractivity contribution in [1.29, 1.82) is 0 Å². The molecule has 0 aliphatic carbocycles. The zero-order chi connectivity index (χ0) is 13.8. The van der Waals surface area contributed by atoms with Gasteiger partial charge in [-0.3, -0.25) is 4.79 Å². The quantitative estimate of drug-likeness (QED) is 0.666. The SMILES string of the molecule is C=C.CN1Cc2ccccc2C(=O)c2ccccc21. The van der Waals surface area contributed by atoms with Gasteiger partial charge in [0.05, 0.1) is 0 Å². The number of carbonyl (C=O) groups excluding carboxylic acids is 1. The number of anilines is 1. The fourth-order valence-corrected chi connectivity index (χ4v) is 2.36. The molecule has 2 aromatic carbocycles. The van der Waals surface area contributed by atoms with Gasteiger partial charge in [-0.2, -0.15) is 0 Å². The number of rotatable bonds is 0. The second kappa shape index (κ2) is 5.53. The number of para-hydroxylation sites is 1. The summed E-state index contributed by atoms with van der Waals surface area (Å²) in [4.78, 5) is 14.6. The molecule has 0 radical (unpaired) electrons. The van der Waals surface area contributed by atoms with Crippen molar-refractivity contribution >= 4 is 11.5 Å². The highest BCUT2D eigenvalue weighted by molar-refractivity contribution is 6.13. The molecule has 0 unspecified atom stereocenters. The summed E-state index contributed by atoms with van der Waals surface area (Å²) in [5, 5.41) is 0. The Labute approximate surface area is 114 Å². The van der Waals surface area contributed by atoms with E-state index in [0.717, 1.165) is 28.9 Å². The molecule has 0 N–H and O–H groups in total. The molecule has 0 saturated carbocycles. The highest BCUT2D eigenvalue weighted by atomic mass is 16.1. The van der Waals surface area contributed by atoms with E-state index in [9.17, 15) is 4.79 Å². The molecule has 3 rings (SSSR count). The summed E-state index contributed by atoms with van der Waals surface area (Å²) in [6.07, 6.45) is 0. The van der Waals surface area contributed by atoms with E-state index in [1.807, 2.05) is 55.6 Å². The number of fused-ring (bicyclic) bond motifs is 2. The van der Waals surface area contributed by atoms with Crippen molar-refractivity contribution in [3.63, 3.8) is 0 Å². The largest absolute Gasteiger partial charge is 0.370 e. The zero-order valence-corrected chi connectivity index (χ0v) is 11.1. The van der Waals surface area contributed by atoms with E-state index >= 15 is 0 Å². The molecule has 1 heterocycles. The average molecular weight is 251 g/mol. The lowest BCUT2D eigenvalue weighted by atomic mass is 9.99. The first-order valence-corrected chi connectivity index (χ1v) is 6.20. The van der Waals surface area contributed by atoms with Crippen LogP contribution in [0.15, 0.2) is 61.7 Å². The summed E-state index contributed by atoms with van der Waals surface area (Å²) in [5.74, 6) is 0.126. The lowest BCUT2D eigenvalue weighted by Crippen LogP contribution is -2.16. The number of ketones is 1. The van der Waals surface area contributed by atoms with Crippen molar-refractivity contribution in [3.8, 4) is 0 Å². The van der Waals surface area contributed by atoms with E-state index in [-0.39, 0.29) is 5.78 Å². The van der Waals surface area contributed by atoms with Crippen molar-refractivity contribution in [1.82, 2.24) is 0 Å². The summed E-state index contributed by atoms with van der Waals surface area (Å²) in [6, 6.07) is 15.6. The fourth-order valence-electron chi connectivity index (χ4n) is 2.36. The van der Waals surface area contributed by atoms with Crippen LogP contribution in [0.2, 0.25) is 0 Å². The minimum Gasteiger partial charge on any atom is -0.370 e. The van der Waals surface area contributed by atoms with Crippen LogP contribution in [0.3, 0.4) is 0 Å². The molecule has 0 fully saturated rings. The Morgan fingerprint density at radius 3 is 2.26 bits per heavy atom. The first-order valence-electron chi connectivity index (χ1n) is 6.20. The van der Waals surface area contributed by atoms with Crippen LogP contribution in [0.4, 0.5) is 5.69 Å². The van der Waals surface area contributed by atoms with Gasteiger partial charge in [-0.1, -0.05) is 36.4 Å². The van der Waals surface area contributed by atoms with Crippen molar-refractivity contribution in [3.05, 3.63) is 78.4 Å². The molecule has 0 spiro atoms. The van der Waals surface area contributed by atoms with Crippen molar-refractivity contribution in [2.24, 2.45) is 0 Å². The lowest BCUT2D eigenvalue weighted by molar-refractivity contribution is 0.103. The van der Waals surface area contributed by atoms with E-state index in [4.69, 9.17) is 0 Å². The lowest BCUT2D eigenvalue weighted by Gasteiger charge is -2.18. The summed E-state index contributed by atoms with van der Waals surface area (Å²) in [6.45, 7) is 6.78. The molecular formula is C17H17NO. The Balaban J connectivity index is 0.000000637. The molecule has 1 aliphatic rings. The Kier molecular flexibility index (Phi) is 3.81. The first-order chi connectivity index (χ1) is 9.27. The second-order valence-electron chi connectivity index (χ2n) is 4.36. The molecule has 0 amide bonds. The normalized spacial score (nSPS) is 12.7. The van der Waals surface area contributed by atoms with Gasteiger partial charge in [-0.15, -0.1) is 13.2 Å². The van der Waals surface area contributed by atoms with Crippen LogP contribution >= 0.6 is 0 Å². The van der Waals surface area contributed by atoms with Crippen LogP contribution in [0.5, 0.6) is 0 Å². The molecule has 2 heteroatoms. The highest BCUT2D eigenvalue weighted by Crippen LogP contribution is 2.29. The third-order valence-corrected chi connectivity index (χ3v) is 3.23. The van der Waals surface area contributed by atoms with Gasteiger partial charge in [-0.25, -0.2) is 0 Å². The summed E-state index contributed by atoms with van der Waals surface area (Å²) >= 11 is 0. The molecule has 0 atom stereocenters. The molecule has 0 saturated heterocycles. The van der Waals surface area contributed by atoms with E-state index in [1.165, 1.54) is 0 Å². The number of nitrogens with zero attached hydrogens (tertiary/aromatic N) is 1. The van der Waals surface area contributed by atoms with Crippen LogP contribution in [0.1, 0.15) is 21.5 Å². The third kappa shape index (κ3) is 2.29. The van der Waals surface area contributed by atoms with Gasteiger partial charge in [0.15, 0.2) is 5.78 Å². The maximum atomic E-state index is 12.4. The molecule has 2 nitrogen and oxygen atoms in total. The average Bonchev–Trinajstić information content (AvgIpc) is 2.58. The maximum absolute atomic E-state index is 12.4. The predicted octanol–water partition coefficient (Wildman–Crippen LogP) is 3.67. The van der Waals surface area contributed by atoms with Gasteiger partial charge in [0.25, 0.3) is 0 Å². The van der Waals surface area contributed by atoms with E-state index < -0.39 is 0 Å². The van der Waals surface area contributed by atoms with Crippen LogP contribution in [-0.2, 0) is 6.54 Å². The van der Waals surface area contributed by atoms with Gasteiger partial charge in [0.2, 0.25) is 0 Å². The van der Waals surface area contributed by atoms with E-state index in [0.29, 0.717) is 0 Å². The highest BCUT2D eigenvalue weighted by Gasteiger charge is 2.22. The smallest absolute Gasteiger partial charge is 0.195 e. The molecule has 2 aromatic rings. The summed E-state index contributed by atoms with van der Waals surface area (Å²) < 4.78 is 0. The topological polar surface area (TPSA) is 20.3 Å². The van der Waals surface area contributed by atoms with Crippen LogP contribution in [0, 0.1) is 0 Å². The van der Waals surface area contributed by atoms with Crippen LogP contribution in [0.25, 0.3) is 0 Å². The molecular weight excluding hydrogens is 234 g/mol. The number of carbonyl (C=O) groups is 1. The van der Waals surface area contributed by atoms with Gasteiger partial charge in [0, 0.05) is 30.4 Å². The molecule has 96 valence electrons. The second-order valence-corrected chi connectivity index (χ2v) is 4.36. The molecule has 0 bridgehead atoms. The van der Waals surface area contributed by atoms with Gasteiger partial charge in [0.1, 0.15) is 0 Å². The summed E-state index contributed by atoms with van der Waals surface area (Å²) in [7, 11) is 2.02.